The number of aryl methyl sites for hydroxylation is 1. The summed E-state index contributed by atoms with van der Waals surface area (Å²) in [7, 11) is -0.520. The van der Waals surface area contributed by atoms with Gasteiger partial charge >= 0.3 is 0 Å². The van der Waals surface area contributed by atoms with Crippen LogP contribution in [0.3, 0.4) is 0 Å². The summed E-state index contributed by atoms with van der Waals surface area (Å²) in [5.41, 5.74) is 0.787. The van der Waals surface area contributed by atoms with Crippen molar-refractivity contribution in [3.8, 4) is 0 Å². The van der Waals surface area contributed by atoms with Gasteiger partial charge in [-0.15, -0.1) is 11.3 Å². The fraction of sp³-hybridized carbons (Fsp3) is 0.667. The molecular weight excluding hydrogens is 302 g/mol. The second-order valence-electron chi connectivity index (χ2n) is 4.22. The van der Waals surface area contributed by atoms with Gasteiger partial charge in [0, 0.05) is 32.2 Å². The Labute approximate surface area is 124 Å². The number of methoxy groups -OCH3 is 2. The van der Waals surface area contributed by atoms with Crippen LogP contribution in [-0.4, -0.2) is 58.4 Å². The van der Waals surface area contributed by atoms with E-state index >= 15 is 0 Å². The molecule has 0 aliphatic rings. The first kappa shape index (κ1) is 17.5. The maximum Gasteiger partial charge on any atom is 0.252 e. The molecule has 20 heavy (non-hydrogen) atoms. The summed E-state index contributed by atoms with van der Waals surface area (Å²) in [6, 6.07) is 1.60. The van der Waals surface area contributed by atoms with Crippen LogP contribution in [0.5, 0.6) is 0 Å². The first-order valence-corrected chi connectivity index (χ1v) is 8.41. The van der Waals surface area contributed by atoms with Gasteiger partial charge in [0.05, 0.1) is 19.8 Å². The third-order valence-electron chi connectivity index (χ3n) is 2.83. The van der Waals surface area contributed by atoms with E-state index in [1.54, 1.807) is 13.0 Å². The Hall–Kier alpha value is -0.510. The van der Waals surface area contributed by atoms with E-state index in [2.05, 4.69) is 0 Å². The predicted octanol–water partition coefficient (Wildman–Crippen LogP) is 0.832. The molecule has 0 spiro atoms. The van der Waals surface area contributed by atoms with E-state index in [1.165, 1.54) is 18.5 Å². The van der Waals surface area contributed by atoms with Gasteiger partial charge < -0.3 is 14.6 Å². The van der Waals surface area contributed by atoms with Gasteiger partial charge in [0.1, 0.15) is 4.21 Å². The lowest BCUT2D eigenvalue weighted by molar-refractivity contribution is 0.150. The smallest absolute Gasteiger partial charge is 0.252 e. The normalized spacial score (nSPS) is 12.2. The highest BCUT2D eigenvalue weighted by Gasteiger charge is 2.26. The monoisotopic (exact) mass is 323 g/mol. The fourth-order valence-corrected chi connectivity index (χ4v) is 4.65. The van der Waals surface area contributed by atoms with Gasteiger partial charge in [-0.05, 0) is 18.6 Å². The second kappa shape index (κ2) is 8.06. The Morgan fingerprint density at radius 2 is 1.80 bits per heavy atom. The Kier molecular flexibility index (Phi) is 7.07. The van der Waals surface area contributed by atoms with Gasteiger partial charge in [0.15, 0.2) is 0 Å². The van der Waals surface area contributed by atoms with Crippen LogP contribution in [-0.2, 0) is 26.1 Å². The highest BCUT2D eigenvalue weighted by atomic mass is 32.2. The molecule has 1 aromatic heterocycles. The SMILES string of the molecule is COCCN(CCOC)S(=O)(=O)c1cc(C)c(CO)s1. The van der Waals surface area contributed by atoms with Crippen molar-refractivity contribution in [2.45, 2.75) is 17.7 Å². The van der Waals surface area contributed by atoms with Gasteiger partial charge in [0.25, 0.3) is 10.0 Å². The average Bonchev–Trinajstić information content (AvgIpc) is 2.80. The molecule has 0 aromatic carbocycles. The van der Waals surface area contributed by atoms with Gasteiger partial charge in [-0.3, -0.25) is 0 Å². The lowest BCUT2D eigenvalue weighted by Crippen LogP contribution is -2.36. The lowest BCUT2D eigenvalue weighted by Gasteiger charge is -2.20. The first-order chi connectivity index (χ1) is 9.47. The molecule has 0 unspecified atom stereocenters. The topological polar surface area (TPSA) is 76.1 Å². The number of aliphatic hydroxyl groups excluding tert-OH is 1. The molecule has 1 rings (SSSR count). The quantitative estimate of drug-likeness (QED) is 0.728. The second-order valence-corrected chi connectivity index (χ2v) is 7.52. The zero-order valence-corrected chi connectivity index (χ0v) is 13.6. The summed E-state index contributed by atoms with van der Waals surface area (Å²) in [5, 5.41) is 9.18. The van der Waals surface area contributed by atoms with Crippen molar-refractivity contribution in [2.75, 3.05) is 40.5 Å². The van der Waals surface area contributed by atoms with Crippen molar-refractivity contribution in [3.63, 3.8) is 0 Å². The maximum absolute atomic E-state index is 12.6. The third kappa shape index (κ3) is 4.24. The molecule has 0 radical (unpaired) electrons. The summed E-state index contributed by atoms with van der Waals surface area (Å²) >= 11 is 1.10. The average molecular weight is 323 g/mol. The van der Waals surface area contributed by atoms with Crippen LogP contribution in [0.4, 0.5) is 0 Å². The van der Waals surface area contributed by atoms with E-state index in [0.29, 0.717) is 18.1 Å². The minimum atomic E-state index is -3.58. The number of ether oxygens (including phenoxy) is 2. The molecule has 0 aliphatic heterocycles. The van der Waals surface area contributed by atoms with Crippen molar-refractivity contribution < 1.29 is 23.0 Å². The number of rotatable bonds is 9. The van der Waals surface area contributed by atoms with Crippen LogP contribution in [0.1, 0.15) is 10.4 Å². The lowest BCUT2D eigenvalue weighted by atomic mass is 10.3. The van der Waals surface area contributed by atoms with E-state index < -0.39 is 10.0 Å². The van der Waals surface area contributed by atoms with Gasteiger partial charge in [-0.2, -0.15) is 4.31 Å². The summed E-state index contributed by atoms with van der Waals surface area (Å²) in [6.45, 7) is 2.82. The van der Waals surface area contributed by atoms with E-state index in [1.807, 2.05) is 0 Å². The number of hydrogen-bond donors (Lipinski definition) is 1. The molecule has 0 aliphatic carbocycles. The number of hydrogen-bond acceptors (Lipinski definition) is 6. The number of sulfonamides is 1. The summed E-state index contributed by atoms with van der Waals surface area (Å²) in [5.74, 6) is 0. The van der Waals surface area contributed by atoms with Gasteiger partial charge in [0.2, 0.25) is 0 Å². The Balaban J connectivity index is 3.00. The third-order valence-corrected chi connectivity index (χ3v) is 6.40. The summed E-state index contributed by atoms with van der Waals surface area (Å²) in [4.78, 5) is 0.669. The predicted molar refractivity (Wildman–Crippen MR) is 77.5 cm³/mol. The fourth-order valence-electron chi connectivity index (χ4n) is 1.64. The Bertz CT molecular complexity index is 504. The molecule has 1 aromatic rings. The minimum Gasteiger partial charge on any atom is -0.391 e. The zero-order valence-electron chi connectivity index (χ0n) is 12.0. The maximum atomic E-state index is 12.6. The zero-order chi connectivity index (χ0) is 15.2. The van der Waals surface area contributed by atoms with Crippen LogP contribution in [0.2, 0.25) is 0 Å². The van der Waals surface area contributed by atoms with E-state index in [4.69, 9.17) is 9.47 Å². The summed E-state index contributed by atoms with van der Waals surface area (Å²) in [6.07, 6.45) is 0. The number of aliphatic hydroxyl groups is 1. The minimum absolute atomic E-state index is 0.151. The number of thiophene rings is 1. The van der Waals surface area contributed by atoms with E-state index in [-0.39, 0.29) is 23.9 Å². The molecule has 8 heteroatoms. The van der Waals surface area contributed by atoms with Crippen molar-refractivity contribution in [3.05, 3.63) is 16.5 Å². The Morgan fingerprint density at radius 1 is 1.25 bits per heavy atom. The highest BCUT2D eigenvalue weighted by Crippen LogP contribution is 2.28. The van der Waals surface area contributed by atoms with Crippen LogP contribution < -0.4 is 0 Å². The first-order valence-electron chi connectivity index (χ1n) is 6.15. The molecular formula is C12H21NO5S2. The molecule has 0 saturated carbocycles. The molecule has 6 nitrogen and oxygen atoms in total. The van der Waals surface area contributed by atoms with Gasteiger partial charge in [-0.25, -0.2) is 8.42 Å². The molecule has 0 bridgehead atoms. The van der Waals surface area contributed by atoms with Crippen LogP contribution in [0, 0.1) is 6.92 Å². The van der Waals surface area contributed by atoms with Crippen molar-refractivity contribution >= 4 is 21.4 Å². The van der Waals surface area contributed by atoms with Crippen LogP contribution in [0.15, 0.2) is 10.3 Å². The summed E-state index contributed by atoms with van der Waals surface area (Å²) < 4.78 is 36.6. The molecule has 0 saturated heterocycles. The highest BCUT2D eigenvalue weighted by molar-refractivity contribution is 7.91. The van der Waals surface area contributed by atoms with Crippen molar-refractivity contribution in [1.29, 1.82) is 0 Å². The van der Waals surface area contributed by atoms with Crippen molar-refractivity contribution in [2.24, 2.45) is 0 Å². The number of nitrogens with zero attached hydrogens (tertiary/aromatic N) is 1. The largest absolute Gasteiger partial charge is 0.391 e. The molecule has 0 fully saturated rings. The van der Waals surface area contributed by atoms with E-state index in [9.17, 15) is 13.5 Å². The van der Waals surface area contributed by atoms with Gasteiger partial charge in [-0.1, -0.05) is 0 Å². The van der Waals surface area contributed by atoms with E-state index in [0.717, 1.165) is 16.9 Å². The standard InChI is InChI=1S/C12H21NO5S2/c1-10-8-12(19-11(10)9-14)20(15,16)13(4-6-17-2)5-7-18-3/h8,14H,4-7,9H2,1-3H3. The molecule has 1 heterocycles. The molecule has 0 atom stereocenters. The van der Waals surface area contributed by atoms with Crippen molar-refractivity contribution in [1.82, 2.24) is 4.31 Å². The van der Waals surface area contributed by atoms with Crippen LogP contribution >= 0.6 is 11.3 Å². The molecule has 0 amide bonds. The van der Waals surface area contributed by atoms with Crippen LogP contribution in [0.25, 0.3) is 0 Å². The Morgan fingerprint density at radius 3 is 2.20 bits per heavy atom. The molecule has 1 N–H and O–H groups in total. The molecule has 116 valence electrons.